The van der Waals surface area contributed by atoms with E-state index < -0.39 is 0 Å². The molecule has 24 heavy (non-hydrogen) atoms. The smallest absolute Gasteiger partial charge is 0.204 e. The first-order chi connectivity index (χ1) is 11.8. The van der Waals surface area contributed by atoms with Gasteiger partial charge < -0.3 is 0 Å². The van der Waals surface area contributed by atoms with E-state index in [9.17, 15) is 4.39 Å². The van der Waals surface area contributed by atoms with Crippen LogP contribution in [0.4, 0.5) is 4.39 Å². The summed E-state index contributed by atoms with van der Waals surface area (Å²) in [5, 5.41) is 13.6. The molecule has 120 valence electrons. The highest BCUT2D eigenvalue weighted by molar-refractivity contribution is 6.02. The van der Waals surface area contributed by atoms with Crippen molar-refractivity contribution in [3.05, 3.63) is 41.2 Å². The number of aliphatic imine (C=N–C) groups is 1. The lowest BCUT2D eigenvalue weighted by Gasteiger charge is -2.25. The van der Waals surface area contributed by atoms with Gasteiger partial charge in [0, 0.05) is 17.5 Å². The zero-order valence-corrected chi connectivity index (χ0v) is 13.1. The Kier molecular flexibility index (Phi) is 3.91. The third-order valence-electron chi connectivity index (χ3n) is 4.34. The van der Waals surface area contributed by atoms with Gasteiger partial charge in [0.2, 0.25) is 5.82 Å². The van der Waals surface area contributed by atoms with Crippen molar-refractivity contribution < 1.29 is 4.39 Å². The number of benzene rings is 1. The molecule has 1 aromatic carbocycles. The van der Waals surface area contributed by atoms with E-state index in [2.05, 4.69) is 38.5 Å². The molecule has 1 aliphatic heterocycles. The van der Waals surface area contributed by atoms with E-state index in [0.29, 0.717) is 23.0 Å². The summed E-state index contributed by atoms with van der Waals surface area (Å²) in [6.45, 7) is 0. The summed E-state index contributed by atoms with van der Waals surface area (Å²) in [6.07, 6.45) is 7.79. The fraction of sp³-hybridized carbons (Fsp3) is 0.333. The van der Waals surface area contributed by atoms with Gasteiger partial charge in [-0.05, 0) is 54.2 Å². The van der Waals surface area contributed by atoms with Crippen molar-refractivity contribution in [3.8, 4) is 23.2 Å². The normalized spacial score (nSPS) is 19.6. The number of fused-ring (bicyclic) bond motifs is 1. The lowest BCUT2D eigenvalue weighted by Crippen LogP contribution is -2.19. The van der Waals surface area contributed by atoms with Crippen LogP contribution in [-0.2, 0) is 0 Å². The molecule has 6 heteroatoms. The van der Waals surface area contributed by atoms with Crippen LogP contribution in [0.25, 0.3) is 11.4 Å². The Morgan fingerprint density at radius 2 is 2.12 bits per heavy atom. The van der Waals surface area contributed by atoms with Crippen molar-refractivity contribution in [2.45, 2.75) is 38.1 Å². The standard InChI is InChI=1S/C18H16FN5/c19-15-10-12(9-14(11-15)18-21-23-24-22-18)5-7-16-8-6-13-3-1-2-4-17(13)20-16/h6,9-11,17H,1-4,8H2,(H,21,22,23,24). The molecule has 0 saturated heterocycles. The van der Waals surface area contributed by atoms with E-state index in [1.165, 1.54) is 30.5 Å². The predicted octanol–water partition coefficient (Wildman–Crippen LogP) is 3.07. The van der Waals surface area contributed by atoms with Crippen molar-refractivity contribution in [3.63, 3.8) is 0 Å². The molecule has 2 heterocycles. The summed E-state index contributed by atoms with van der Waals surface area (Å²) in [5.41, 5.74) is 3.46. The molecule has 0 bridgehead atoms. The van der Waals surface area contributed by atoms with Gasteiger partial charge in [-0.3, -0.25) is 4.99 Å². The maximum Gasteiger partial charge on any atom is 0.204 e. The lowest BCUT2D eigenvalue weighted by molar-refractivity contribution is 0.532. The lowest BCUT2D eigenvalue weighted by atomic mass is 9.87. The summed E-state index contributed by atoms with van der Waals surface area (Å²) in [7, 11) is 0. The molecule has 1 N–H and O–H groups in total. The van der Waals surface area contributed by atoms with Crippen LogP contribution in [0.3, 0.4) is 0 Å². The number of hydrogen-bond donors (Lipinski definition) is 1. The average molecular weight is 321 g/mol. The fourth-order valence-corrected chi connectivity index (χ4v) is 3.18. The first kappa shape index (κ1) is 14.8. The van der Waals surface area contributed by atoms with E-state index in [4.69, 9.17) is 4.99 Å². The van der Waals surface area contributed by atoms with Gasteiger partial charge in [0.25, 0.3) is 0 Å². The number of aromatic amines is 1. The third-order valence-corrected chi connectivity index (χ3v) is 4.34. The third kappa shape index (κ3) is 3.11. The summed E-state index contributed by atoms with van der Waals surface area (Å²) in [4.78, 5) is 4.75. The number of hydrogen-bond acceptors (Lipinski definition) is 4. The number of nitrogens with one attached hydrogen (secondary N) is 1. The van der Waals surface area contributed by atoms with Crippen LogP contribution in [0.5, 0.6) is 0 Å². The minimum absolute atomic E-state index is 0.305. The molecule has 0 spiro atoms. The number of aromatic nitrogens is 4. The van der Waals surface area contributed by atoms with E-state index in [1.54, 1.807) is 6.07 Å². The van der Waals surface area contributed by atoms with E-state index in [0.717, 1.165) is 25.0 Å². The number of rotatable bonds is 1. The van der Waals surface area contributed by atoms with Gasteiger partial charge in [-0.1, -0.05) is 18.4 Å². The molecule has 1 unspecified atom stereocenters. The van der Waals surface area contributed by atoms with Gasteiger partial charge in [-0.25, -0.2) is 4.39 Å². The summed E-state index contributed by atoms with van der Waals surface area (Å²) < 4.78 is 13.8. The highest BCUT2D eigenvalue weighted by Gasteiger charge is 2.20. The number of allylic oxidation sites excluding steroid dienone is 1. The second-order valence-electron chi connectivity index (χ2n) is 6.03. The minimum Gasteiger partial charge on any atom is -0.273 e. The Morgan fingerprint density at radius 3 is 3.00 bits per heavy atom. The van der Waals surface area contributed by atoms with Crippen molar-refractivity contribution in [2.75, 3.05) is 0 Å². The number of dihydropyridines is 1. The van der Waals surface area contributed by atoms with Gasteiger partial charge in [-0.2, -0.15) is 5.21 Å². The maximum atomic E-state index is 13.8. The van der Waals surface area contributed by atoms with Crippen LogP contribution in [0, 0.1) is 17.7 Å². The van der Waals surface area contributed by atoms with Crippen LogP contribution in [0.1, 0.15) is 37.7 Å². The van der Waals surface area contributed by atoms with E-state index in [1.807, 2.05) is 0 Å². The Labute approximate surface area is 139 Å². The second kappa shape index (κ2) is 6.36. The molecule has 2 aliphatic rings. The number of tetrazole rings is 1. The Balaban J connectivity index is 1.58. The Bertz CT molecular complexity index is 871. The van der Waals surface area contributed by atoms with Crippen LogP contribution < -0.4 is 0 Å². The first-order valence-electron chi connectivity index (χ1n) is 8.10. The SMILES string of the molecule is Fc1cc(C#CC2=NC3CCCCC3=CC2)cc(-c2nn[nH]n2)c1. The quantitative estimate of drug-likeness (QED) is 0.648. The molecule has 1 aromatic heterocycles. The molecular weight excluding hydrogens is 305 g/mol. The largest absolute Gasteiger partial charge is 0.273 e. The van der Waals surface area contributed by atoms with Crippen LogP contribution in [0.2, 0.25) is 0 Å². The zero-order valence-electron chi connectivity index (χ0n) is 13.1. The Morgan fingerprint density at radius 1 is 1.17 bits per heavy atom. The molecule has 0 amide bonds. The Hall–Kier alpha value is -2.81. The van der Waals surface area contributed by atoms with Crippen LogP contribution in [-0.4, -0.2) is 32.4 Å². The average Bonchev–Trinajstić information content (AvgIpc) is 3.14. The number of halogens is 1. The van der Waals surface area contributed by atoms with E-state index in [-0.39, 0.29) is 5.82 Å². The fourth-order valence-electron chi connectivity index (χ4n) is 3.18. The molecule has 2 aromatic rings. The number of H-pyrrole nitrogens is 1. The molecule has 1 atom stereocenters. The van der Waals surface area contributed by atoms with Crippen molar-refractivity contribution in [1.29, 1.82) is 0 Å². The highest BCUT2D eigenvalue weighted by Crippen LogP contribution is 2.29. The molecule has 1 fully saturated rings. The summed E-state index contributed by atoms with van der Waals surface area (Å²) >= 11 is 0. The first-order valence-corrected chi connectivity index (χ1v) is 8.10. The van der Waals surface area contributed by atoms with Crippen molar-refractivity contribution in [2.24, 2.45) is 4.99 Å². The predicted molar refractivity (Wildman–Crippen MR) is 88.8 cm³/mol. The number of nitrogens with zero attached hydrogens (tertiary/aromatic N) is 4. The summed E-state index contributed by atoms with van der Waals surface area (Å²) in [6, 6.07) is 4.83. The molecule has 0 radical (unpaired) electrons. The zero-order chi connectivity index (χ0) is 16.4. The summed E-state index contributed by atoms with van der Waals surface area (Å²) in [5.74, 6) is 6.09. The minimum atomic E-state index is -0.373. The van der Waals surface area contributed by atoms with Gasteiger partial charge in [0.15, 0.2) is 0 Å². The molecule has 1 aliphatic carbocycles. The molecular formula is C18H16FN5. The van der Waals surface area contributed by atoms with Crippen molar-refractivity contribution in [1.82, 2.24) is 20.6 Å². The topological polar surface area (TPSA) is 66.8 Å². The van der Waals surface area contributed by atoms with Gasteiger partial charge in [-0.15, -0.1) is 10.2 Å². The molecule has 4 rings (SSSR count). The monoisotopic (exact) mass is 321 g/mol. The van der Waals surface area contributed by atoms with Crippen LogP contribution in [0.15, 0.2) is 34.8 Å². The van der Waals surface area contributed by atoms with Crippen LogP contribution >= 0.6 is 0 Å². The van der Waals surface area contributed by atoms with E-state index >= 15 is 0 Å². The molecule has 5 nitrogen and oxygen atoms in total. The van der Waals surface area contributed by atoms with Gasteiger partial charge in [0.05, 0.1) is 11.8 Å². The van der Waals surface area contributed by atoms with Gasteiger partial charge in [0.1, 0.15) is 5.82 Å². The molecule has 1 saturated carbocycles. The van der Waals surface area contributed by atoms with Gasteiger partial charge >= 0.3 is 0 Å². The van der Waals surface area contributed by atoms with Crippen molar-refractivity contribution >= 4 is 5.71 Å². The maximum absolute atomic E-state index is 13.8. The second-order valence-corrected chi connectivity index (χ2v) is 6.03. The highest BCUT2D eigenvalue weighted by atomic mass is 19.1.